The van der Waals surface area contributed by atoms with Crippen LogP contribution in [0.1, 0.15) is 139 Å². The van der Waals surface area contributed by atoms with Gasteiger partial charge in [-0.25, -0.2) is 0 Å². The number of rotatable bonds is 9. The highest BCUT2D eigenvalue weighted by Gasteiger charge is 2.54. The van der Waals surface area contributed by atoms with Gasteiger partial charge in [0.2, 0.25) is 0 Å². The van der Waals surface area contributed by atoms with Gasteiger partial charge >= 0.3 is 0 Å². The molecule has 3 unspecified atom stereocenters. The van der Waals surface area contributed by atoms with Gasteiger partial charge in [0.1, 0.15) is 0 Å². The van der Waals surface area contributed by atoms with Gasteiger partial charge in [-0.15, -0.1) is 0 Å². The summed E-state index contributed by atoms with van der Waals surface area (Å²) in [6.07, 6.45) is 15.5. The fraction of sp³-hybridized carbons (Fsp3) is 0.917. The van der Waals surface area contributed by atoms with Crippen LogP contribution in [-0.4, -0.2) is 0 Å². The highest BCUT2D eigenvalue weighted by Crippen LogP contribution is 2.62. The van der Waals surface area contributed by atoms with Gasteiger partial charge in [0.05, 0.1) is 36.0 Å². The molecule has 0 aromatic carbocycles. The molecule has 0 aliphatic heterocycles. The maximum Gasteiger partial charge on any atom is 0.0661 e. The van der Waals surface area contributed by atoms with Crippen LogP contribution >= 0.6 is 0 Å². The summed E-state index contributed by atoms with van der Waals surface area (Å²) in [6.45, 7) is 21.0. The molecule has 0 bridgehead atoms. The summed E-state index contributed by atoms with van der Waals surface area (Å²) >= 11 is 0. The molecule has 216 valence electrons. The van der Waals surface area contributed by atoms with Crippen molar-refractivity contribution >= 4 is 0 Å². The van der Waals surface area contributed by atoms with Gasteiger partial charge in [-0.05, 0) is 127 Å². The number of nitrogens with zero attached hydrogens (tertiary/aromatic N) is 3. The van der Waals surface area contributed by atoms with E-state index in [0.717, 1.165) is 37.0 Å². The molecular formula is C36H57N3. The van der Waals surface area contributed by atoms with Crippen molar-refractivity contribution in [3.05, 3.63) is 0 Å². The molecule has 6 saturated carbocycles. The average molecular weight is 532 g/mol. The molecule has 3 heteroatoms. The lowest BCUT2D eigenvalue weighted by Gasteiger charge is -2.09. The Balaban J connectivity index is 0.000000136. The highest BCUT2D eigenvalue weighted by atomic mass is 14.6. The van der Waals surface area contributed by atoms with Gasteiger partial charge in [-0.3, -0.25) is 0 Å². The Morgan fingerprint density at radius 1 is 0.436 bits per heavy atom. The first-order chi connectivity index (χ1) is 17.9. The molecule has 0 aromatic rings. The Bertz CT molecular complexity index is 916. The second kappa shape index (κ2) is 10.1. The summed E-state index contributed by atoms with van der Waals surface area (Å²) in [7, 11) is 0. The van der Waals surface area contributed by atoms with E-state index in [9.17, 15) is 0 Å². The minimum absolute atomic E-state index is 0.370. The smallest absolute Gasteiger partial charge is 0.0661 e. The lowest BCUT2D eigenvalue weighted by atomic mass is 9.96. The molecular weight excluding hydrogens is 474 g/mol. The van der Waals surface area contributed by atoms with E-state index < -0.39 is 0 Å². The van der Waals surface area contributed by atoms with Crippen LogP contribution in [0.5, 0.6) is 0 Å². The zero-order valence-corrected chi connectivity index (χ0v) is 26.8. The molecule has 6 aliphatic rings. The van der Waals surface area contributed by atoms with E-state index in [1.807, 2.05) is 0 Å². The summed E-state index contributed by atoms with van der Waals surface area (Å²) in [5.41, 5.74) is 3.04. The van der Waals surface area contributed by atoms with Crippen LogP contribution in [0.3, 0.4) is 0 Å². The predicted molar refractivity (Wildman–Crippen MR) is 159 cm³/mol. The van der Waals surface area contributed by atoms with E-state index in [-0.39, 0.29) is 0 Å². The molecule has 0 amide bonds. The third-order valence-electron chi connectivity index (χ3n) is 12.9. The SMILES string of the molecule is CC1(C)CC1CC[C@@]1(C)C[C@@H]1C#N.CC1(C)CC1CC[C@@]1(C)C[C@H]1C#N.CC1(C)CC1CC[C@]1(C)C[C@H]1C#N. The zero-order chi connectivity index (χ0) is 29.1. The minimum atomic E-state index is 0.370. The molecule has 0 spiro atoms. The fourth-order valence-corrected chi connectivity index (χ4v) is 7.37. The first-order valence-corrected chi connectivity index (χ1v) is 16.1. The lowest BCUT2D eigenvalue weighted by Crippen LogP contribution is -1.99. The van der Waals surface area contributed by atoms with Crippen molar-refractivity contribution in [1.29, 1.82) is 15.8 Å². The van der Waals surface area contributed by atoms with Gasteiger partial charge in [-0.1, -0.05) is 62.3 Å². The van der Waals surface area contributed by atoms with Gasteiger partial charge in [0.15, 0.2) is 0 Å². The maximum atomic E-state index is 8.78. The third-order valence-corrected chi connectivity index (χ3v) is 12.9. The summed E-state index contributed by atoms with van der Waals surface area (Å²) in [4.78, 5) is 0. The van der Waals surface area contributed by atoms with Crippen molar-refractivity contribution in [3.63, 3.8) is 0 Å². The Morgan fingerprint density at radius 3 is 0.769 bits per heavy atom. The van der Waals surface area contributed by atoms with E-state index in [1.165, 1.54) is 57.8 Å². The quantitative estimate of drug-likeness (QED) is 0.297. The average Bonchev–Trinajstić information content (AvgIpc) is 3.58. The first kappa shape index (κ1) is 30.4. The Hall–Kier alpha value is -1.53. The molecule has 0 aromatic heterocycles. The van der Waals surface area contributed by atoms with E-state index in [1.54, 1.807) is 0 Å². The molecule has 9 atom stereocenters. The highest BCUT2D eigenvalue weighted by molar-refractivity contribution is 5.12. The van der Waals surface area contributed by atoms with Crippen LogP contribution < -0.4 is 0 Å². The zero-order valence-electron chi connectivity index (χ0n) is 26.8. The van der Waals surface area contributed by atoms with E-state index >= 15 is 0 Å². The van der Waals surface area contributed by atoms with Crippen LogP contribution in [0.4, 0.5) is 0 Å². The standard InChI is InChI=1S/3C12H19N/c3*1-11(2)6-9(11)4-5-12(3)7-10(12)8-13/h3*9-10H,4-7H2,1-3H3/t2*9?,10-,12+;9?,10-,12-/m100/s1. The van der Waals surface area contributed by atoms with Crippen molar-refractivity contribution in [2.24, 2.45) is 68.0 Å². The van der Waals surface area contributed by atoms with Gasteiger partial charge in [0.25, 0.3) is 0 Å². The van der Waals surface area contributed by atoms with Crippen LogP contribution in [0.15, 0.2) is 0 Å². The lowest BCUT2D eigenvalue weighted by molar-refractivity contribution is 0.422. The van der Waals surface area contributed by atoms with Crippen molar-refractivity contribution in [2.75, 3.05) is 0 Å². The second-order valence-electron chi connectivity index (χ2n) is 17.9. The van der Waals surface area contributed by atoms with E-state index in [4.69, 9.17) is 15.8 Å². The summed E-state index contributed by atoms with van der Waals surface area (Å²) in [6, 6.07) is 7.18. The minimum Gasteiger partial charge on any atom is -0.198 e. The van der Waals surface area contributed by atoms with Crippen LogP contribution in [-0.2, 0) is 0 Å². The van der Waals surface area contributed by atoms with Crippen molar-refractivity contribution in [3.8, 4) is 18.2 Å². The summed E-state index contributed by atoms with van der Waals surface area (Å²) < 4.78 is 0. The Labute approximate surface area is 241 Å². The second-order valence-corrected chi connectivity index (χ2v) is 17.9. The third kappa shape index (κ3) is 7.41. The predicted octanol–water partition coefficient (Wildman–Crippen LogP) is 10.1. The molecule has 6 aliphatic carbocycles. The largest absolute Gasteiger partial charge is 0.198 e. The van der Waals surface area contributed by atoms with Crippen molar-refractivity contribution < 1.29 is 0 Å². The Kier molecular flexibility index (Phi) is 7.86. The summed E-state index contributed by atoms with van der Waals surface area (Å²) in [5.74, 6) is 3.95. The summed E-state index contributed by atoms with van der Waals surface area (Å²) in [5, 5.41) is 26.3. The van der Waals surface area contributed by atoms with Crippen LogP contribution in [0.25, 0.3) is 0 Å². The van der Waals surface area contributed by atoms with Crippen LogP contribution in [0.2, 0.25) is 0 Å². The van der Waals surface area contributed by atoms with Gasteiger partial charge in [-0.2, -0.15) is 15.8 Å². The number of hydrogen-bond acceptors (Lipinski definition) is 3. The molecule has 39 heavy (non-hydrogen) atoms. The molecule has 0 N–H and O–H groups in total. The number of nitriles is 3. The van der Waals surface area contributed by atoms with E-state index in [0.29, 0.717) is 50.2 Å². The monoisotopic (exact) mass is 531 g/mol. The molecule has 0 radical (unpaired) electrons. The van der Waals surface area contributed by atoms with Crippen LogP contribution in [0, 0.1) is 102 Å². The normalized spacial score (nSPS) is 45.4. The van der Waals surface area contributed by atoms with Crippen molar-refractivity contribution in [2.45, 2.75) is 139 Å². The van der Waals surface area contributed by atoms with Gasteiger partial charge < -0.3 is 0 Å². The Morgan fingerprint density at radius 2 is 0.641 bits per heavy atom. The molecule has 0 heterocycles. The van der Waals surface area contributed by atoms with E-state index in [2.05, 4.69) is 80.5 Å². The molecule has 6 rings (SSSR count). The van der Waals surface area contributed by atoms with Gasteiger partial charge in [0, 0.05) is 0 Å². The maximum absolute atomic E-state index is 8.78. The molecule has 0 saturated heterocycles. The molecule has 3 nitrogen and oxygen atoms in total. The fourth-order valence-electron chi connectivity index (χ4n) is 7.37. The topological polar surface area (TPSA) is 71.4 Å². The number of hydrogen-bond donors (Lipinski definition) is 0. The first-order valence-electron chi connectivity index (χ1n) is 16.1. The molecule has 6 fully saturated rings. The van der Waals surface area contributed by atoms with Crippen molar-refractivity contribution in [1.82, 2.24) is 0 Å².